The predicted octanol–water partition coefficient (Wildman–Crippen LogP) is 8.31. The van der Waals surface area contributed by atoms with Crippen molar-refractivity contribution in [1.82, 2.24) is 9.55 Å². The molecule has 0 saturated heterocycles. The third-order valence-electron chi connectivity index (χ3n) is 6.22. The molecule has 4 aromatic rings. The summed E-state index contributed by atoms with van der Waals surface area (Å²) in [7, 11) is 0. The van der Waals surface area contributed by atoms with Crippen molar-refractivity contribution < 1.29 is 19.4 Å². The third kappa shape index (κ3) is 8.07. The number of halogens is 2. The highest BCUT2D eigenvalue weighted by Gasteiger charge is 2.13. The number of carbonyl (C=O) groups excluding carboxylic acids is 1. The Morgan fingerprint density at radius 1 is 0.950 bits per heavy atom. The van der Waals surface area contributed by atoms with E-state index in [1.54, 1.807) is 12.1 Å². The zero-order chi connectivity index (χ0) is 28.5. The lowest BCUT2D eigenvalue weighted by Gasteiger charge is -2.07. The van der Waals surface area contributed by atoms with Crippen LogP contribution in [0.5, 0.6) is 5.75 Å². The maximum Gasteiger partial charge on any atom is 0.303 e. The first-order valence-electron chi connectivity index (χ1n) is 13.1. The summed E-state index contributed by atoms with van der Waals surface area (Å²) in [6.07, 6.45) is 7.59. The molecule has 0 radical (unpaired) electrons. The highest BCUT2D eigenvalue weighted by Crippen LogP contribution is 2.30. The summed E-state index contributed by atoms with van der Waals surface area (Å²) in [6, 6.07) is 21.1. The Kier molecular flexibility index (Phi) is 10.2. The summed E-state index contributed by atoms with van der Waals surface area (Å²) in [5.74, 6) is 0.691. The van der Waals surface area contributed by atoms with Gasteiger partial charge in [0.2, 0.25) is 0 Å². The van der Waals surface area contributed by atoms with E-state index in [9.17, 15) is 9.59 Å². The van der Waals surface area contributed by atoms with Crippen LogP contribution in [0, 0.1) is 0 Å². The second-order valence-corrected chi connectivity index (χ2v) is 10.2. The monoisotopic (exact) mass is 576 g/mol. The zero-order valence-electron chi connectivity index (χ0n) is 22.1. The number of hydrogen-bond acceptors (Lipinski definition) is 4. The zero-order valence-corrected chi connectivity index (χ0v) is 23.7. The quantitative estimate of drug-likeness (QED) is 0.162. The number of nitrogens with zero attached hydrogens (tertiary/aromatic N) is 2. The van der Waals surface area contributed by atoms with Gasteiger partial charge in [-0.3, -0.25) is 9.59 Å². The number of carboxylic acid groups (broad SMARTS) is 1. The summed E-state index contributed by atoms with van der Waals surface area (Å²) in [5, 5.41) is 9.77. The minimum absolute atomic E-state index is 0.0929. The molecule has 0 fully saturated rings. The molecule has 4 rings (SSSR count). The molecule has 1 N–H and O–H groups in total. The van der Waals surface area contributed by atoms with Crippen molar-refractivity contribution >= 4 is 47.1 Å². The number of aliphatic carboxylic acids is 1. The van der Waals surface area contributed by atoms with Crippen molar-refractivity contribution in [3.05, 3.63) is 94.4 Å². The van der Waals surface area contributed by atoms with Gasteiger partial charge in [-0.2, -0.15) is 0 Å². The summed E-state index contributed by atoms with van der Waals surface area (Å²) in [4.78, 5) is 27.8. The van der Waals surface area contributed by atoms with Crippen LogP contribution in [-0.4, -0.2) is 33.0 Å². The predicted molar refractivity (Wildman–Crippen MR) is 161 cm³/mol. The van der Waals surface area contributed by atoms with Gasteiger partial charge in [-0.1, -0.05) is 72.6 Å². The van der Waals surface area contributed by atoms with Crippen molar-refractivity contribution in [2.45, 2.75) is 39.2 Å². The standard InChI is InChI=1S/C32H30Cl2N2O4/c1-2-4-26(37)20-36-21-30(28-16-13-25(33)19-29(28)34)35-31(36)17-8-22-6-9-23(10-7-22)24-11-14-27(15-12-24)40-18-3-5-32(38)39/h6-17,19,21H,2-5,18,20H2,1H3,(H,38,39)/b17-8+. The normalized spacial score (nSPS) is 11.2. The average molecular weight is 578 g/mol. The van der Waals surface area contributed by atoms with Crippen LogP contribution in [0.15, 0.2) is 72.9 Å². The molecule has 0 amide bonds. The summed E-state index contributed by atoms with van der Waals surface area (Å²) in [5.41, 5.74) is 4.52. The Morgan fingerprint density at radius 2 is 1.65 bits per heavy atom. The third-order valence-corrected chi connectivity index (χ3v) is 6.76. The molecule has 0 saturated carbocycles. The van der Waals surface area contributed by atoms with E-state index in [4.69, 9.17) is 38.0 Å². The van der Waals surface area contributed by atoms with Gasteiger partial charge in [0.1, 0.15) is 11.6 Å². The Balaban J connectivity index is 1.48. The summed E-state index contributed by atoms with van der Waals surface area (Å²) < 4.78 is 7.47. The second kappa shape index (κ2) is 14.0. The molecule has 0 aliphatic rings. The molecule has 0 unspecified atom stereocenters. The van der Waals surface area contributed by atoms with E-state index in [1.165, 1.54) is 0 Å². The van der Waals surface area contributed by atoms with Crippen molar-refractivity contribution in [3.63, 3.8) is 0 Å². The van der Waals surface area contributed by atoms with Crippen molar-refractivity contribution in [1.29, 1.82) is 0 Å². The number of rotatable bonds is 13. The lowest BCUT2D eigenvalue weighted by atomic mass is 10.0. The Labute approximate surface area is 243 Å². The molecule has 0 atom stereocenters. The van der Waals surface area contributed by atoms with Crippen molar-refractivity contribution in [2.75, 3.05) is 6.61 Å². The van der Waals surface area contributed by atoms with E-state index >= 15 is 0 Å². The first-order chi connectivity index (χ1) is 19.3. The molecule has 3 aromatic carbocycles. The fourth-order valence-corrected chi connectivity index (χ4v) is 4.68. The fourth-order valence-electron chi connectivity index (χ4n) is 4.18. The van der Waals surface area contributed by atoms with Gasteiger partial charge in [-0.05, 0) is 65.9 Å². The number of ketones is 1. The number of Topliss-reactive ketones (excluding diaryl/α,β-unsaturated/α-hetero) is 1. The Bertz CT molecular complexity index is 1490. The SMILES string of the molecule is CCCC(=O)Cn1cc(-c2ccc(Cl)cc2Cl)nc1/C=C/c1ccc(-c2ccc(OCCCC(=O)O)cc2)cc1. The number of hydrogen-bond donors (Lipinski definition) is 1. The smallest absolute Gasteiger partial charge is 0.303 e. The molecule has 0 aliphatic carbocycles. The lowest BCUT2D eigenvalue weighted by Crippen LogP contribution is -2.10. The van der Waals surface area contributed by atoms with E-state index in [0.29, 0.717) is 46.8 Å². The topological polar surface area (TPSA) is 81.4 Å². The molecule has 206 valence electrons. The van der Waals surface area contributed by atoms with Crippen LogP contribution in [0.25, 0.3) is 34.5 Å². The van der Waals surface area contributed by atoms with Crippen molar-refractivity contribution in [3.8, 4) is 28.1 Å². The van der Waals surface area contributed by atoms with Gasteiger partial charge >= 0.3 is 5.97 Å². The van der Waals surface area contributed by atoms with Crippen LogP contribution in [-0.2, 0) is 16.1 Å². The highest BCUT2D eigenvalue weighted by atomic mass is 35.5. The van der Waals surface area contributed by atoms with Gasteiger partial charge in [0.05, 0.1) is 23.9 Å². The minimum Gasteiger partial charge on any atom is -0.494 e. The van der Waals surface area contributed by atoms with Gasteiger partial charge in [-0.25, -0.2) is 4.98 Å². The van der Waals surface area contributed by atoms with Gasteiger partial charge in [0.25, 0.3) is 0 Å². The molecule has 40 heavy (non-hydrogen) atoms. The molecular formula is C32H30Cl2N2O4. The van der Waals surface area contributed by atoms with Crippen LogP contribution in [0.1, 0.15) is 44.0 Å². The lowest BCUT2D eigenvalue weighted by molar-refractivity contribution is -0.137. The number of ether oxygens (including phenoxy) is 1. The van der Waals surface area contributed by atoms with Gasteiger partial charge in [-0.15, -0.1) is 0 Å². The Morgan fingerprint density at radius 3 is 2.30 bits per heavy atom. The number of carboxylic acids is 1. The molecule has 6 nitrogen and oxygen atoms in total. The van der Waals surface area contributed by atoms with E-state index in [-0.39, 0.29) is 18.7 Å². The highest BCUT2D eigenvalue weighted by molar-refractivity contribution is 6.36. The summed E-state index contributed by atoms with van der Waals surface area (Å²) >= 11 is 12.5. The summed E-state index contributed by atoms with van der Waals surface area (Å²) in [6.45, 7) is 2.60. The molecule has 1 aromatic heterocycles. The molecule has 8 heteroatoms. The van der Waals surface area contributed by atoms with E-state index in [1.807, 2.05) is 84.4 Å². The first kappa shape index (κ1) is 29.1. The molecular weight excluding hydrogens is 547 g/mol. The van der Waals surface area contributed by atoms with E-state index in [0.717, 1.165) is 28.7 Å². The average Bonchev–Trinajstić information content (AvgIpc) is 3.32. The van der Waals surface area contributed by atoms with Crippen LogP contribution in [0.2, 0.25) is 10.0 Å². The van der Waals surface area contributed by atoms with Crippen molar-refractivity contribution in [2.24, 2.45) is 0 Å². The number of carbonyl (C=O) groups is 2. The maximum absolute atomic E-state index is 12.4. The number of aromatic nitrogens is 2. The maximum atomic E-state index is 12.4. The van der Waals surface area contributed by atoms with Crippen LogP contribution in [0.3, 0.4) is 0 Å². The molecule has 0 aliphatic heterocycles. The molecule has 1 heterocycles. The molecule has 0 bridgehead atoms. The first-order valence-corrected chi connectivity index (χ1v) is 13.9. The van der Waals surface area contributed by atoms with Crippen LogP contribution < -0.4 is 4.74 Å². The fraction of sp³-hybridized carbons (Fsp3) is 0.219. The van der Waals surface area contributed by atoms with Gasteiger partial charge in [0.15, 0.2) is 5.78 Å². The van der Waals surface area contributed by atoms with E-state index < -0.39 is 5.97 Å². The van der Waals surface area contributed by atoms with Gasteiger partial charge in [0, 0.05) is 29.6 Å². The van der Waals surface area contributed by atoms with Crippen LogP contribution in [0.4, 0.5) is 0 Å². The number of benzene rings is 3. The van der Waals surface area contributed by atoms with Crippen LogP contribution >= 0.6 is 23.2 Å². The van der Waals surface area contributed by atoms with E-state index in [2.05, 4.69) is 0 Å². The molecule has 0 spiro atoms. The number of imidazole rings is 1. The van der Waals surface area contributed by atoms with Gasteiger partial charge < -0.3 is 14.4 Å². The Hall–Kier alpha value is -3.87. The second-order valence-electron chi connectivity index (χ2n) is 9.35. The minimum atomic E-state index is -0.822. The largest absolute Gasteiger partial charge is 0.494 e.